The second kappa shape index (κ2) is 7.25. The van der Waals surface area contributed by atoms with Gasteiger partial charge in [0, 0.05) is 17.0 Å². The number of hydrogen-bond acceptors (Lipinski definition) is 4. The van der Waals surface area contributed by atoms with Gasteiger partial charge in [0.2, 0.25) is 0 Å². The third kappa shape index (κ3) is 3.83. The summed E-state index contributed by atoms with van der Waals surface area (Å²) in [5.74, 6) is -0.0521. The number of benzene rings is 2. The fraction of sp³-hybridized carbons (Fsp3) is 0.105. The van der Waals surface area contributed by atoms with Crippen LogP contribution in [-0.2, 0) is 16.3 Å². The Balaban J connectivity index is 2.03. The van der Waals surface area contributed by atoms with Gasteiger partial charge in [0.15, 0.2) is 15.6 Å². The van der Waals surface area contributed by atoms with Crippen molar-refractivity contribution in [1.82, 2.24) is 0 Å². The fourth-order valence-electron chi connectivity index (χ4n) is 2.53. The lowest BCUT2D eigenvalue weighted by Gasteiger charge is -2.16. The Morgan fingerprint density at radius 2 is 1.64 bits per heavy atom. The Kier molecular flexibility index (Phi) is 5.06. The van der Waals surface area contributed by atoms with Gasteiger partial charge in [-0.3, -0.25) is 4.79 Å². The molecule has 25 heavy (non-hydrogen) atoms. The fourth-order valence-corrected chi connectivity index (χ4v) is 4.32. The Hall–Kier alpha value is -2.37. The van der Waals surface area contributed by atoms with Crippen molar-refractivity contribution in [2.75, 3.05) is 0 Å². The van der Waals surface area contributed by atoms with Gasteiger partial charge in [0.25, 0.3) is 0 Å². The first-order valence-corrected chi connectivity index (χ1v) is 9.52. The third-order valence-electron chi connectivity index (χ3n) is 3.83. The van der Waals surface area contributed by atoms with Crippen LogP contribution in [0.4, 0.5) is 0 Å². The normalized spacial score (nSPS) is 12.7. The molecule has 2 aromatic carbocycles. The quantitative estimate of drug-likeness (QED) is 0.606. The molecule has 0 aliphatic heterocycles. The van der Waals surface area contributed by atoms with E-state index in [9.17, 15) is 13.2 Å². The molecule has 1 aromatic heterocycles. The Morgan fingerprint density at radius 1 is 0.960 bits per heavy atom. The Labute approximate surface area is 151 Å². The minimum absolute atomic E-state index is 0.0360. The number of ketones is 1. The van der Waals surface area contributed by atoms with Crippen LogP contribution in [0.1, 0.15) is 16.1 Å². The molecule has 0 saturated carbocycles. The molecule has 0 bridgehead atoms. The molecule has 0 saturated heterocycles. The lowest BCUT2D eigenvalue weighted by atomic mass is 10.1. The molecule has 128 valence electrons. The van der Waals surface area contributed by atoms with Crippen LogP contribution in [-0.4, -0.2) is 19.5 Å². The molecule has 1 atom stereocenters. The van der Waals surface area contributed by atoms with Crippen molar-refractivity contribution in [2.45, 2.75) is 16.6 Å². The molecule has 0 aliphatic carbocycles. The zero-order valence-corrected chi connectivity index (χ0v) is 14.7. The minimum Gasteiger partial charge on any atom is -0.469 e. The number of hydrogen-bond donors (Lipinski definition) is 0. The summed E-state index contributed by atoms with van der Waals surface area (Å²) in [5, 5.41) is -0.799. The summed E-state index contributed by atoms with van der Waals surface area (Å²) in [6.45, 7) is 0. The van der Waals surface area contributed by atoms with E-state index in [-0.39, 0.29) is 11.3 Å². The zero-order chi connectivity index (χ0) is 17.9. The Bertz CT molecular complexity index is 946. The van der Waals surface area contributed by atoms with Gasteiger partial charge < -0.3 is 4.42 Å². The lowest BCUT2D eigenvalue weighted by Crippen LogP contribution is -2.32. The molecule has 6 heteroatoms. The smallest absolute Gasteiger partial charge is 0.189 e. The van der Waals surface area contributed by atoms with E-state index in [1.807, 2.05) is 0 Å². The van der Waals surface area contributed by atoms with E-state index >= 15 is 0 Å². The molecule has 4 nitrogen and oxygen atoms in total. The second-order valence-corrected chi connectivity index (χ2v) is 8.07. The van der Waals surface area contributed by atoms with Gasteiger partial charge in [0.05, 0.1) is 11.2 Å². The van der Waals surface area contributed by atoms with E-state index < -0.39 is 20.9 Å². The number of Topliss-reactive ketones (excluding diaryl/α,β-unsaturated/α-hetero) is 1. The zero-order valence-electron chi connectivity index (χ0n) is 13.1. The first-order valence-electron chi connectivity index (χ1n) is 7.59. The molecule has 1 unspecified atom stereocenters. The molecule has 0 spiro atoms. The first-order chi connectivity index (χ1) is 12.0. The van der Waals surface area contributed by atoms with Gasteiger partial charge in [-0.2, -0.15) is 0 Å². The van der Waals surface area contributed by atoms with Crippen LogP contribution in [0.3, 0.4) is 0 Å². The largest absolute Gasteiger partial charge is 0.469 e. The van der Waals surface area contributed by atoms with Gasteiger partial charge in [-0.15, -0.1) is 0 Å². The number of furan rings is 1. The third-order valence-corrected chi connectivity index (χ3v) is 6.15. The summed E-state index contributed by atoms with van der Waals surface area (Å²) in [7, 11) is -3.88. The molecular formula is C19H15ClO4S. The van der Waals surface area contributed by atoms with E-state index in [2.05, 4.69) is 0 Å². The maximum atomic E-state index is 13.1. The summed E-state index contributed by atoms with van der Waals surface area (Å²) >= 11 is 5.85. The molecule has 0 amide bonds. The van der Waals surface area contributed by atoms with Crippen LogP contribution in [0.25, 0.3) is 0 Å². The highest BCUT2D eigenvalue weighted by Gasteiger charge is 2.35. The highest BCUT2D eigenvalue weighted by molar-refractivity contribution is 7.92. The molecule has 0 radical (unpaired) electrons. The highest BCUT2D eigenvalue weighted by Crippen LogP contribution is 2.23. The van der Waals surface area contributed by atoms with Crippen molar-refractivity contribution in [3.05, 3.63) is 89.3 Å². The SMILES string of the molecule is O=C(c1ccc(Cl)cc1)C(Cc1ccco1)S(=O)(=O)c1ccccc1. The van der Waals surface area contributed by atoms with E-state index in [0.717, 1.165) is 0 Å². The molecule has 0 N–H and O–H groups in total. The van der Waals surface area contributed by atoms with Gasteiger partial charge in [-0.1, -0.05) is 29.8 Å². The standard InChI is InChI=1S/C19H15ClO4S/c20-15-10-8-14(9-11-15)19(21)18(13-16-5-4-12-24-16)25(22,23)17-6-2-1-3-7-17/h1-12,18H,13H2. The van der Waals surface area contributed by atoms with Crippen molar-refractivity contribution in [3.63, 3.8) is 0 Å². The number of rotatable bonds is 6. The minimum atomic E-state index is -3.88. The van der Waals surface area contributed by atoms with Crippen molar-refractivity contribution >= 4 is 27.2 Å². The predicted molar refractivity (Wildman–Crippen MR) is 95.6 cm³/mol. The average molecular weight is 375 g/mol. The summed E-state index contributed by atoms with van der Waals surface area (Å²) in [6.07, 6.45) is 1.42. The summed E-state index contributed by atoms with van der Waals surface area (Å²) in [5.41, 5.74) is 0.292. The van der Waals surface area contributed by atoms with Crippen molar-refractivity contribution < 1.29 is 17.6 Å². The van der Waals surface area contributed by atoms with E-state index in [1.165, 1.54) is 30.5 Å². The molecule has 0 aliphatic rings. The van der Waals surface area contributed by atoms with E-state index in [0.29, 0.717) is 16.3 Å². The average Bonchev–Trinajstić information content (AvgIpc) is 3.14. The molecule has 0 fully saturated rings. The van der Waals surface area contributed by atoms with Gasteiger partial charge >= 0.3 is 0 Å². The van der Waals surface area contributed by atoms with Gasteiger partial charge in [0.1, 0.15) is 11.0 Å². The van der Waals surface area contributed by atoms with E-state index in [1.54, 1.807) is 42.5 Å². The molecular weight excluding hydrogens is 360 g/mol. The number of carbonyl (C=O) groups is 1. The second-order valence-electron chi connectivity index (χ2n) is 5.50. The van der Waals surface area contributed by atoms with Crippen LogP contribution in [0.5, 0.6) is 0 Å². The van der Waals surface area contributed by atoms with Gasteiger partial charge in [-0.05, 0) is 48.5 Å². The predicted octanol–water partition coefficient (Wildman–Crippen LogP) is 4.20. The van der Waals surface area contributed by atoms with Crippen LogP contribution in [0, 0.1) is 0 Å². The monoisotopic (exact) mass is 374 g/mol. The molecule has 1 heterocycles. The number of carbonyl (C=O) groups excluding carboxylic acids is 1. The number of halogens is 1. The Morgan fingerprint density at radius 3 is 2.24 bits per heavy atom. The summed E-state index contributed by atoms with van der Waals surface area (Å²) < 4.78 is 31.4. The molecule has 3 aromatic rings. The van der Waals surface area contributed by atoms with Crippen LogP contribution in [0.15, 0.2) is 82.3 Å². The highest BCUT2D eigenvalue weighted by atomic mass is 35.5. The van der Waals surface area contributed by atoms with Crippen molar-refractivity contribution in [1.29, 1.82) is 0 Å². The topological polar surface area (TPSA) is 64.3 Å². The van der Waals surface area contributed by atoms with Crippen LogP contribution in [0.2, 0.25) is 5.02 Å². The van der Waals surface area contributed by atoms with Crippen molar-refractivity contribution in [2.24, 2.45) is 0 Å². The maximum Gasteiger partial charge on any atom is 0.189 e. The van der Waals surface area contributed by atoms with Crippen LogP contribution < -0.4 is 0 Å². The number of sulfone groups is 1. The van der Waals surface area contributed by atoms with E-state index in [4.69, 9.17) is 16.0 Å². The summed E-state index contributed by atoms with van der Waals surface area (Å²) in [4.78, 5) is 13.0. The summed E-state index contributed by atoms with van der Waals surface area (Å²) in [6, 6.07) is 17.5. The molecule has 3 rings (SSSR count). The van der Waals surface area contributed by atoms with Gasteiger partial charge in [-0.25, -0.2) is 8.42 Å². The first kappa shape index (κ1) is 17.5. The maximum absolute atomic E-state index is 13.1. The van der Waals surface area contributed by atoms with Crippen LogP contribution >= 0.6 is 11.6 Å². The lowest BCUT2D eigenvalue weighted by molar-refractivity contribution is 0.0984. The van der Waals surface area contributed by atoms with Crippen molar-refractivity contribution in [3.8, 4) is 0 Å².